The van der Waals surface area contributed by atoms with Crippen LogP contribution in [0.2, 0.25) is 0 Å². The lowest BCUT2D eigenvalue weighted by atomic mass is 9.84. The number of carbonyl (C=O) groups is 1. The highest BCUT2D eigenvalue weighted by Gasteiger charge is 2.49. The first-order chi connectivity index (χ1) is 19.7. The third-order valence-electron chi connectivity index (χ3n) is 8.50. The lowest BCUT2D eigenvalue weighted by Crippen LogP contribution is -2.53. The summed E-state index contributed by atoms with van der Waals surface area (Å²) < 4.78 is 13.0. The van der Waals surface area contributed by atoms with Crippen molar-refractivity contribution in [3.63, 3.8) is 0 Å². The normalized spacial score (nSPS) is 20.3. The summed E-state index contributed by atoms with van der Waals surface area (Å²) in [6.45, 7) is 8.18. The number of hydrogen-bond donors (Lipinski definition) is 0. The maximum atomic E-state index is 13.2. The molecule has 3 aliphatic rings. The third-order valence-corrected chi connectivity index (χ3v) is 8.50. The van der Waals surface area contributed by atoms with Crippen LogP contribution in [0.5, 0.6) is 5.75 Å². The summed E-state index contributed by atoms with van der Waals surface area (Å²) in [7, 11) is 1.62. The largest absolute Gasteiger partial charge is 0.495 e. The second-order valence-corrected chi connectivity index (χ2v) is 12.6. The van der Waals surface area contributed by atoms with Crippen molar-refractivity contribution in [3.8, 4) is 17.0 Å². The van der Waals surface area contributed by atoms with E-state index in [4.69, 9.17) is 9.47 Å². The number of hydrogen-bond acceptors (Lipinski definition) is 9. The molecule has 0 unspecified atom stereocenters. The fraction of sp³-hybridized carbons (Fsp3) is 0.600. The molecule has 1 amide bonds. The van der Waals surface area contributed by atoms with Crippen LogP contribution in [0.1, 0.15) is 71.4 Å². The van der Waals surface area contributed by atoms with Crippen molar-refractivity contribution in [1.82, 2.24) is 35.1 Å². The Morgan fingerprint density at radius 2 is 1.93 bits per heavy atom. The molecule has 11 heteroatoms. The van der Waals surface area contributed by atoms with Crippen LogP contribution in [-0.2, 0) is 10.3 Å². The Kier molecular flexibility index (Phi) is 7.29. The number of aromatic nitrogens is 6. The van der Waals surface area contributed by atoms with Crippen molar-refractivity contribution >= 4 is 11.9 Å². The smallest absolute Gasteiger partial charge is 0.410 e. The Labute approximate surface area is 241 Å². The maximum Gasteiger partial charge on any atom is 0.410 e. The van der Waals surface area contributed by atoms with Gasteiger partial charge in [-0.05, 0) is 83.4 Å². The van der Waals surface area contributed by atoms with Crippen molar-refractivity contribution < 1.29 is 14.3 Å². The second-order valence-electron chi connectivity index (χ2n) is 12.6. The molecule has 1 aliphatic heterocycles. The summed E-state index contributed by atoms with van der Waals surface area (Å²) in [6.07, 6.45) is 12.6. The first-order valence-corrected chi connectivity index (χ1v) is 14.8. The molecular weight excluding hydrogens is 520 g/mol. The van der Waals surface area contributed by atoms with Crippen molar-refractivity contribution in [2.24, 2.45) is 5.92 Å². The number of anilines is 1. The Morgan fingerprint density at radius 1 is 1.10 bits per heavy atom. The topological polar surface area (TPSA) is 111 Å². The predicted molar refractivity (Wildman–Crippen MR) is 154 cm³/mol. The highest BCUT2D eigenvalue weighted by atomic mass is 16.6. The van der Waals surface area contributed by atoms with Gasteiger partial charge in [-0.15, -0.1) is 10.2 Å². The van der Waals surface area contributed by atoms with Gasteiger partial charge in [0.2, 0.25) is 0 Å². The zero-order valence-corrected chi connectivity index (χ0v) is 24.5. The van der Waals surface area contributed by atoms with E-state index in [1.807, 2.05) is 42.6 Å². The van der Waals surface area contributed by atoms with Gasteiger partial charge in [0.25, 0.3) is 0 Å². The first-order valence-electron chi connectivity index (χ1n) is 14.8. The van der Waals surface area contributed by atoms with E-state index >= 15 is 0 Å². The number of carbonyl (C=O) groups excluding carboxylic acids is 1. The van der Waals surface area contributed by atoms with Crippen molar-refractivity contribution in [1.29, 1.82) is 0 Å². The van der Waals surface area contributed by atoms with E-state index in [0.717, 1.165) is 68.1 Å². The lowest BCUT2D eigenvalue weighted by molar-refractivity contribution is 0.00733. The number of methoxy groups -OCH3 is 1. The van der Waals surface area contributed by atoms with Crippen LogP contribution < -0.4 is 9.64 Å². The predicted octanol–water partition coefficient (Wildman–Crippen LogP) is 4.68. The van der Waals surface area contributed by atoms with Gasteiger partial charge in [0.05, 0.1) is 31.2 Å². The van der Waals surface area contributed by atoms with Gasteiger partial charge in [0, 0.05) is 31.4 Å². The zero-order chi connectivity index (χ0) is 28.6. The third kappa shape index (κ3) is 5.85. The molecule has 4 heterocycles. The van der Waals surface area contributed by atoms with Gasteiger partial charge in [0.15, 0.2) is 5.82 Å². The number of nitrogens with zero attached hydrogens (tertiary/aromatic N) is 8. The van der Waals surface area contributed by atoms with E-state index in [1.54, 1.807) is 19.5 Å². The summed E-state index contributed by atoms with van der Waals surface area (Å²) >= 11 is 0. The number of piperidine rings is 1. The Balaban J connectivity index is 1.16. The van der Waals surface area contributed by atoms with Crippen LogP contribution >= 0.6 is 0 Å². The average Bonchev–Trinajstić information content (AvgIpc) is 3.60. The molecule has 6 rings (SSSR count). The van der Waals surface area contributed by atoms with Crippen molar-refractivity contribution in [2.75, 3.05) is 31.6 Å². The van der Waals surface area contributed by atoms with Gasteiger partial charge < -0.3 is 19.3 Å². The molecule has 3 aromatic rings. The van der Waals surface area contributed by atoms with E-state index < -0.39 is 5.60 Å². The van der Waals surface area contributed by atoms with Crippen LogP contribution in [0, 0.1) is 5.92 Å². The van der Waals surface area contributed by atoms with Gasteiger partial charge in [-0.2, -0.15) is 5.10 Å². The minimum absolute atomic E-state index is 0.0927. The van der Waals surface area contributed by atoms with Crippen LogP contribution in [0.3, 0.4) is 0 Å². The van der Waals surface area contributed by atoms with Crippen LogP contribution in [0.4, 0.5) is 10.6 Å². The van der Waals surface area contributed by atoms with Crippen LogP contribution in [-0.4, -0.2) is 79.6 Å². The Hall–Kier alpha value is -3.76. The molecule has 2 aliphatic carbocycles. The van der Waals surface area contributed by atoms with Gasteiger partial charge in [-0.1, -0.05) is 11.6 Å². The van der Waals surface area contributed by atoms with E-state index in [1.165, 1.54) is 19.3 Å². The van der Waals surface area contributed by atoms with Crippen LogP contribution in [0.25, 0.3) is 11.3 Å². The molecule has 3 aromatic heterocycles. The molecule has 0 N–H and O–H groups in total. The highest BCUT2D eigenvalue weighted by molar-refractivity contribution is 5.69. The van der Waals surface area contributed by atoms with E-state index in [2.05, 4.69) is 42.5 Å². The molecule has 41 heavy (non-hydrogen) atoms. The fourth-order valence-electron chi connectivity index (χ4n) is 5.80. The number of amides is 1. The molecule has 218 valence electrons. The van der Waals surface area contributed by atoms with E-state index in [9.17, 15) is 4.79 Å². The number of rotatable bonds is 8. The fourth-order valence-corrected chi connectivity index (χ4v) is 5.80. The Bertz CT molecular complexity index is 1360. The summed E-state index contributed by atoms with van der Waals surface area (Å²) in [5, 5.41) is 18.2. The van der Waals surface area contributed by atoms with Gasteiger partial charge in [-0.25, -0.2) is 9.48 Å². The number of pyridine rings is 1. The molecule has 11 nitrogen and oxygen atoms in total. The number of ether oxygens (including phenoxy) is 2. The summed E-state index contributed by atoms with van der Waals surface area (Å²) in [6, 6.07) is 6.11. The maximum absolute atomic E-state index is 13.2. The standard InChI is InChI=1S/C30H40N8O3/c1-29(2,3)41-28(39)37(18-21-7-5-8-21)23-9-6-14-36(19-23)27-11-10-26(33-34-27)30(12-13-30)38-20-25(32-35-38)22-15-24(40-4)17-31-16-22/h10-11,15-17,20-21,23H,5-9,12-14,18-19H2,1-4H3/t23-/m1/s1. The van der Waals surface area contributed by atoms with Gasteiger partial charge in [-0.3, -0.25) is 4.98 Å². The second kappa shape index (κ2) is 10.9. The molecule has 1 saturated heterocycles. The summed E-state index contributed by atoms with van der Waals surface area (Å²) in [5.41, 5.74) is 1.63. The summed E-state index contributed by atoms with van der Waals surface area (Å²) in [4.78, 5) is 21.7. The molecular formula is C30H40N8O3. The van der Waals surface area contributed by atoms with Gasteiger partial charge in [0.1, 0.15) is 22.6 Å². The highest BCUT2D eigenvalue weighted by Crippen LogP contribution is 2.48. The SMILES string of the molecule is COc1cncc(-c2cn(C3(c4ccc(N5CCC[C@@H](N(CC6CCC6)C(=O)OC(C)(C)C)C5)nn4)CC3)nn2)c1. The molecule has 1 atom stereocenters. The molecule has 0 bridgehead atoms. The van der Waals surface area contributed by atoms with Crippen LogP contribution in [0.15, 0.2) is 36.8 Å². The summed E-state index contributed by atoms with van der Waals surface area (Å²) in [5.74, 6) is 2.09. The Morgan fingerprint density at radius 3 is 2.59 bits per heavy atom. The lowest BCUT2D eigenvalue weighted by Gasteiger charge is -2.42. The molecule has 0 spiro atoms. The molecule has 3 fully saturated rings. The minimum atomic E-state index is -0.515. The van der Waals surface area contributed by atoms with Gasteiger partial charge >= 0.3 is 6.09 Å². The average molecular weight is 561 g/mol. The van der Waals surface area contributed by atoms with E-state index in [0.29, 0.717) is 11.7 Å². The first kappa shape index (κ1) is 27.4. The van der Waals surface area contributed by atoms with Crippen molar-refractivity contribution in [3.05, 3.63) is 42.5 Å². The molecule has 0 aromatic carbocycles. The molecule has 0 radical (unpaired) electrons. The van der Waals surface area contributed by atoms with E-state index in [-0.39, 0.29) is 17.7 Å². The monoisotopic (exact) mass is 560 g/mol. The minimum Gasteiger partial charge on any atom is -0.495 e. The zero-order valence-electron chi connectivity index (χ0n) is 24.5. The molecule has 2 saturated carbocycles. The quantitative estimate of drug-likeness (QED) is 0.388. The van der Waals surface area contributed by atoms with Crippen molar-refractivity contribution in [2.45, 2.75) is 82.9 Å².